The minimum absolute atomic E-state index is 0.0910. The van der Waals surface area contributed by atoms with Gasteiger partial charge in [-0.25, -0.2) is 8.42 Å². The maximum atomic E-state index is 13.0. The van der Waals surface area contributed by atoms with E-state index in [-0.39, 0.29) is 11.4 Å². The first-order valence-electron chi connectivity index (χ1n) is 8.68. The molecule has 1 fully saturated rings. The number of benzene rings is 2. The molecule has 7 nitrogen and oxygen atoms in total. The summed E-state index contributed by atoms with van der Waals surface area (Å²) in [6.45, 7) is 0.991. The lowest BCUT2D eigenvalue weighted by Gasteiger charge is -2.31. The van der Waals surface area contributed by atoms with Crippen molar-refractivity contribution in [2.24, 2.45) is 0 Å². The highest BCUT2D eigenvalue weighted by molar-refractivity contribution is 7.89. The lowest BCUT2D eigenvalue weighted by Crippen LogP contribution is -2.43. The van der Waals surface area contributed by atoms with Gasteiger partial charge < -0.3 is 14.8 Å². The molecule has 1 saturated heterocycles. The molecule has 1 amide bonds. The molecule has 0 atom stereocenters. The molecule has 0 saturated carbocycles. The number of carbonyl (C=O) groups is 1. The highest BCUT2D eigenvalue weighted by Crippen LogP contribution is 2.42. The topological polar surface area (TPSA) is 84.9 Å². The number of nitrogens with zero attached hydrogens (tertiary/aromatic N) is 1. The lowest BCUT2D eigenvalue weighted by atomic mass is 10.1. The van der Waals surface area contributed by atoms with Crippen LogP contribution in [0.1, 0.15) is 17.5 Å². The zero-order chi connectivity index (χ0) is 19.1. The predicted octanol–water partition coefficient (Wildman–Crippen LogP) is 2.05. The van der Waals surface area contributed by atoms with Crippen molar-refractivity contribution in [2.45, 2.75) is 23.6 Å². The molecule has 8 heteroatoms. The van der Waals surface area contributed by atoms with Gasteiger partial charge >= 0.3 is 0 Å². The normalized spacial score (nSPS) is 18.5. The molecule has 0 radical (unpaired) electrons. The van der Waals surface area contributed by atoms with Crippen LogP contribution in [-0.2, 0) is 36.6 Å². The second-order valence-electron chi connectivity index (χ2n) is 6.58. The SMILES string of the molecule is CN(Cc1ccccc1)S(=O)(=O)c1ccc2c(c1)C1(OCCCO1)C(=O)N2. The lowest BCUT2D eigenvalue weighted by molar-refractivity contribution is -0.255. The maximum absolute atomic E-state index is 13.0. The zero-order valence-corrected chi connectivity index (χ0v) is 15.7. The van der Waals surface area contributed by atoms with Crippen LogP contribution >= 0.6 is 0 Å². The van der Waals surface area contributed by atoms with Crippen LogP contribution in [0.4, 0.5) is 5.69 Å². The molecule has 2 aliphatic rings. The average Bonchev–Trinajstić information content (AvgIpc) is 2.94. The number of fused-ring (bicyclic) bond motifs is 2. The van der Waals surface area contributed by atoms with Crippen LogP contribution in [0.3, 0.4) is 0 Å². The summed E-state index contributed by atoms with van der Waals surface area (Å²) in [5.74, 6) is -1.98. The quantitative estimate of drug-likeness (QED) is 0.867. The largest absolute Gasteiger partial charge is 0.338 e. The molecule has 0 unspecified atom stereocenters. The molecule has 0 aliphatic carbocycles. The van der Waals surface area contributed by atoms with E-state index in [1.54, 1.807) is 6.07 Å². The first-order valence-corrected chi connectivity index (χ1v) is 10.1. The Bertz CT molecular complexity index is 969. The number of nitrogens with one attached hydrogen (secondary N) is 1. The summed E-state index contributed by atoms with van der Waals surface area (Å²) in [6.07, 6.45) is 0.683. The van der Waals surface area contributed by atoms with Crippen molar-refractivity contribution in [2.75, 3.05) is 25.6 Å². The van der Waals surface area contributed by atoms with E-state index >= 15 is 0 Å². The number of ether oxygens (including phenoxy) is 2. The summed E-state index contributed by atoms with van der Waals surface area (Å²) in [7, 11) is -2.22. The third-order valence-corrected chi connectivity index (χ3v) is 6.55. The van der Waals surface area contributed by atoms with Crippen LogP contribution in [-0.4, -0.2) is 38.9 Å². The summed E-state index contributed by atoms with van der Waals surface area (Å²) >= 11 is 0. The summed E-state index contributed by atoms with van der Waals surface area (Å²) in [6, 6.07) is 13.9. The zero-order valence-electron chi connectivity index (χ0n) is 14.8. The van der Waals surface area contributed by atoms with Gasteiger partial charge in [-0.1, -0.05) is 30.3 Å². The van der Waals surface area contributed by atoms with Gasteiger partial charge in [0.05, 0.1) is 23.8 Å². The van der Waals surface area contributed by atoms with E-state index in [4.69, 9.17) is 9.47 Å². The molecule has 1 N–H and O–H groups in total. The molecular formula is C19H20N2O5S. The number of hydrogen-bond donors (Lipinski definition) is 1. The van der Waals surface area contributed by atoms with Gasteiger partial charge in [0.15, 0.2) is 0 Å². The van der Waals surface area contributed by atoms with Crippen molar-refractivity contribution >= 4 is 21.6 Å². The molecule has 4 rings (SSSR count). The van der Waals surface area contributed by atoms with Crippen molar-refractivity contribution in [3.63, 3.8) is 0 Å². The first kappa shape index (κ1) is 18.1. The fraction of sp³-hybridized carbons (Fsp3) is 0.316. The summed E-state index contributed by atoms with van der Waals surface area (Å²) < 4.78 is 38.6. The highest BCUT2D eigenvalue weighted by atomic mass is 32.2. The second-order valence-corrected chi connectivity index (χ2v) is 8.62. The summed E-state index contributed by atoms with van der Waals surface area (Å²) in [5.41, 5.74) is 1.80. The Morgan fingerprint density at radius 3 is 2.52 bits per heavy atom. The maximum Gasteiger partial charge on any atom is 0.289 e. The molecular weight excluding hydrogens is 368 g/mol. The molecule has 27 heavy (non-hydrogen) atoms. The molecule has 2 aromatic rings. The van der Waals surface area contributed by atoms with Crippen LogP contribution in [0, 0.1) is 0 Å². The van der Waals surface area contributed by atoms with E-state index < -0.39 is 21.7 Å². The third kappa shape index (κ3) is 3.04. The van der Waals surface area contributed by atoms with Crippen molar-refractivity contribution in [3.05, 3.63) is 59.7 Å². The monoisotopic (exact) mass is 388 g/mol. The average molecular weight is 388 g/mol. The van der Waals surface area contributed by atoms with Crippen LogP contribution in [0.5, 0.6) is 0 Å². The first-order chi connectivity index (χ1) is 12.9. The van der Waals surface area contributed by atoms with Gasteiger partial charge in [-0.2, -0.15) is 4.31 Å². The highest BCUT2D eigenvalue weighted by Gasteiger charge is 2.51. The van der Waals surface area contributed by atoms with E-state index in [2.05, 4.69) is 5.32 Å². The summed E-state index contributed by atoms with van der Waals surface area (Å²) in [5, 5.41) is 2.71. The van der Waals surface area contributed by atoms with Gasteiger partial charge in [0, 0.05) is 19.2 Å². The fourth-order valence-corrected chi connectivity index (χ4v) is 4.50. The van der Waals surface area contributed by atoms with Crippen molar-refractivity contribution in [1.82, 2.24) is 4.31 Å². The van der Waals surface area contributed by atoms with Gasteiger partial charge in [-0.3, -0.25) is 4.79 Å². The number of amides is 1. The van der Waals surface area contributed by atoms with Gasteiger partial charge in [-0.05, 0) is 30.2 Å². The van der Waals surface area contributed by atoms with E-state index in [0.29, 0.717) is 30.9 Å². The van der Waals surface area contributed by atoms with Gasteiger partial charge in [0.1, 0.15) is 0 Å². The van der Waals surface area contributed by atoms with E-state index in [0.717, 1.165) is 5.56 Å². The van der Waals surface area contributed by atoms with E-state index in [9.17, 15) is 13.2 Å². The molecule has 142 valence electrons. The van der Waals surface area contributed by atoms with Crippen LogP contribution in [0.15, 0.2) is 53.4 Å². The van der Waals surface area contributed by atoms with Gasteiger partial charge in [0.2, 0.25) is 10.0 Å². The number of rotatable bonds is 4. The number of sulfonamides is 1. The third-order valence-electron chi connectivity index (χ3n) is 4.75. The standard InChI is InChI=1S/C19H20N2O5S/c1-21(13-14-6-3-2-4-7-14)27(23,24)15-8-9-17-16(12-15)19(18(22)20-17)25-10-5-11-26-19/h2-4,6-9,12H,5,10-11,13H2,1H3,(H,20,22). The predicted molar refractivity (Wildman–Crippen MR) is 98.4 cm³/mol. The molecule has 0 bridgehead atoms. The Hall–Kier alpha value is -2.26. The van der Waals surface area contributed by atoms with Crippen LogP contribution < -0.4 is 5.32 Å². The summed E-state index contributed by atoms with van der Waals surface area (Å²) in [4.78, 5) is 12.5. The van der Waals surface area contributed by atoms with Gasteiger partial charge in [0.25, 0.3) is 11.7 Å². The van der Waals surface area contributed by atoms with Crippen LogP contribution in [0.25, 0.3) is 0 Å². The van der Waals surface area contributed by atoms with Crippen molar-refractivity contribution in [1.29, 1.82) is 0 Å². The molecule has 2 heterocycles. The Morgan fingerprint density at radius 2 is 1.81 bits per heavy atom. The van der Waals surface area contributed by atoms with Crippen LogP contribution in [0.2, 0.25) is 0 Å². The smallest absolute Gasteiger partial charge is 0.289 e. The molecule has 1 spiro atoms. The Balaban J connectivity index is 1.68. The second kappa shape index (κ2) is 6.72. The molecule has 0 aromatic heterocycles. The number of carbonyl (C=O) groups excluding carboxylic acids is 1. The van der Waals surface area contributed by atoms with Gasteiger partial charge in [-0.15, -0.1) is 0 Å². The van der Waals surface area contributed by atoms with Crippen molar-refractivity contribution in [3.8, 4) is 0 Å². The fourth-order valence-electron chi connectivity index (χ4n) is 3.32. The molecule has 2 aliphatic heterocycles. The van der Waals surface area contributed by atoms with E-state index in [1.807, 2.05) is 30.3 Å². The van der Waals surface area contributed by atoms with E-state index in [1.165, 1.54) is 23.5 Å². The minimum atomic E-state index is -3.75. The minimum Gasteiger partial charge on any atom is -0.338 e. The Kier molecular flexibility index (Phi) is 4.51. The molecule has 2 aromatic carbocycles. The number of anilines is 1. The number of hydrogen-bond acceptors (Lipinski definition) is 5. The Morgan fingerprint density at radius 1 is 1.11 bits per heavy atom. The van der Waals surface area contributed by atoms with Crippen molar-refractivity contribution < 1.29 is 22.7 Å². The Labute approximate surface area is 157 Å².